The first-order chi connectivity index (χ1) is 9.61. The molecule has 0 saturated carbocycles. The van der Waals surface area contributed by atoms with Crippen molar-refractivity contribution in [1.29, 1.82) is 0 Å². The van der Waals surface area contributed by atoms with E-state index >= 15 is 0 Å². The Morgan fingerprint density at radius 2 is 1.90 bits per heavy atom. The van der Waals surface area contributed by atoms with Crippen LogP contribution in [-0.4, -0.2) is 5.78 Å². The van der Waals surface area contributed by atoms with Gasteiger partial charge in [0.05, 0.1) is 0 Å². The van der Waals surface area contributed by atoms with Crippen LogP contribution in [0.5, 0.6) is 0 Å². The van der Waals surface area contributed by atoms with E-state index in [-0.39, 0.29) is 23.9 Å². The summed E-state index contributed by atoms with van der Waals surface area (Å²) in [4.78, 5) is 12.5. The molecule has 0 heterocycles. The van der Waals surface area contributed by atoms with Crippen molar-refractivity contribution in [3.63, 3.8) is 0 Å². The Morgan fingerprint density at radius 1 is 1.20 bits per heavy atom. The molecule has 1 atom stereocenters. The van der Waals surface area contributed by atoms with Crippen LogP contribution < -0.4 is 0 Å². The summed E-state index contributed by atoms with van der Waals surface area (Å²) in [6, 6.07) is 14.2. The first-order valence-corrected chi connectivity index (χ1v) is 7.42. The van der Waals surface area contributed by atoms with Crippen LogP contribution in [0.3, 0.4) is 0 Å². The number of hydrogen-bond donors (Lipinski definition) is 0. The minimum Gasteiger partial charge on any atom is -0.299 e. The van der Waals surface area contributed by atoms with E-state index < -0.39 is 0 Å². The number of ketones is 1. The maximum atomic E-state index is 13.3. The van der Waals surface area contributed by atoms with Crippen molar-refractivity contribution in [1.82, 2.24) is 0 Å². The minimum atomic E-state index is -0.316. The monoisotopic (exact) mass is 334 g/mol. The summed E-state index contributed by atoms with van der Waals surface area (Å²) in [5.41, 5.74) is 1.72. The first kappa shape index (κ1) is 14.9. The molecule has 3 heteroatoms. The molecule has 2 aromatic carbocycles. The summed E-state index contributed by atoms with van der Waals surface area (Å²) in [5.74, 6) is -0.333. The highest BCUT2D eigenvalue weighted by Crippen LogP contribution is 2.25. The van der Waals surface area contributed by atoms with Crippen LogP contribution in [0.1, 0.15) is 30.4 Å². The van der Waals surface area contributed by atoms with Gasteiger partial charge in [-0.2, -0.15) is 0 Å². The SMILES string of the molecule is CCC(C(=O)Cc1cc(F)ccc1Br)c1ccccc1. The molecule has 0 N–H and O–H groups in total. The fraction of sp³-hybridized carbons (Fsp3) is 0.235. The second-order valence-corrected chi connectivity index (χ2v) is 5.60. The topological polar surface area (TPSA) is 17.1 Å². The second kappa shape index (κ2) is 6.80. The summed E-state index contributed by atoms with van der Waals surface area (Å²) in [5, 5.41) is 0. The number of hydrogen-bond acceptors (Lipinski definition) is 1. The highest BCUT2D eigenvalue weighted by Gasteiger charge is 2.19. The molecule has 1 unspecified atom stereocenters. The fourth-order valence-corrected chi connectivity index (χ4v) is 2.71. The smallest absolute Gasteiger partial charge is 0.144 e. The third-order valence-electron chi connectivity index (χ3n) is 3.37. The van der Waals surface area contributed by atoms with Crippen molar-refractivity contribution < 1.29 is 9.18 Å². The summed E-state index contributed by atoms with van der Waals surface area (Å²) < 4.78 is 14.0. The standard InChI is InChI=1S/C17H16BrFO/c1-2-15(12-6-4-3-5-7-12)17(20)11-13-10-14(19)8-9-16(13)18/h3-10,15H,2,11H2,1H3. The lowest BCUT2D eigenvalue weighted by Gasteiger charge is -2.14. The molecule has 0 aliphatic rings. The summed E-state index contributed by atoms with van der Waals surface area (Å²) in [7, 11) is 0. The van der Waals surface area contributed by atoms with Crippen LogP contribution in [0, 0.1) is 5.82 Å². The van der Waals surface area contributed by atoms with E-state index in [9.17, 15) is 9.18 Å². The Kier molecular flexibility index (Phi) is 5.07. The van der Waals surface area contributed by atoms with Crippen LogP contribution in [-0.2, 0) is 11.2 Å². The molecule has 20 heavy (non-hydrogen) atoms. The van der Waals surface area contributed by atoms with Crippen molar-refractivity contribution in [2.24, 2.45) is 0 Å². The Labute approximate surface area is 127 Å². The van der Waals surface area contributed by atoms with Crippen molar-refractivity contribution >= 4 is 21.7 Å². The molecular weight excluding hydrogens is 319 g/mol. The number of rotatable bonds is 5. The van der Waals surface area contributed by atoms with E-state index in [1.807, 2.05) is 37.3 Å². The third kappa shape index (κ3) is 3.54. The lowest BCUT2D eigenvalue weighted by atomic mass is 9.89. The summed E-state index contributed by atoms with van der Waals surface area (Å²) in [6.45, 7) is 2.00. The van der Waals surface area contributed by atoms with Gasteiger partial charge in [-0.05, 0) is 35.7 Å². The zero-order valence-corrected chi connectivity index (χ0v) is 12.9. The van der Waals surface area contributed by atoms with Gasteiger partial charge in [-0.15, -0.1) is 0 Å². The maximum Gasteiger partial charge on any atom is 0.144 e. The molecule has 0 fully saturated rings. The lowest BCUT2D eigenvalue weighted by Crippen LogP contribution is -2.14. The Balaban J connectivity index is 2.20. The van der Waals surface area contributed by atoms with Gasteiger partial charge in [0.2, 0.25) is 0 Å². The Bertz CT molecular complexity index is 595. The van der Waals surface area contributed by atoms with E-state index in [0.717, 1.165) is 16.5 Å². The van der Waals surface area contributed by atoms with Crippen LogP contribution in [0.2, 0.25) is 0 Å². The third-order valence-corrected chi connectivity index (χ3v) is 4.14. The average molecular weight is 335 g/mol. The molecule has 2 aromatic rings. The van der Waals surface area contributed by atoms with E-state index in [2.05, 4.69) is 15.9 Å². The maximum absolute atomic E-state index is 13.3. The molecule has 0 aromatic heterocycles. The van der Waals surface area contributed by atoms with E-state index in [0.29, 0.717) is 5.56 Å². The number of halogens is 2. The second-order valence-electron chi connectivity index (χ2n) is 4.75. The number of Topliss-reactive ketones (excluding diaryl/α,β-unsaturated/α-hetero) is 1. The zero-order valence-electron chi connectivity index (χ0n) is 11.3. The lowest BCUT2D eigenvalue weighted by molar-refractivity contribution is -0.119. The van der Waals surface area contributed by atoms with E-state index in [4.69, 9.17) is 0 Å². The van der Waals surface area contributed by atoms with Crippen molar-refractivity contribution in [2.75, 3.05) is 0 Å². The average Bonchev–Trinajstić information content (AvgIpc) is 2.45. The molecule has 0 aliphatic carbocycles. The predicted molar refractivity (Wildman–Crippen MR) is 82.3 cm³/mol. The number of benzene rings is 2. The quantitative estimate of drug-likeness (QED) is 0.760. The van der Waals surface area contributed by atoms with Crippen molar-refractivity contribution in [3.8, 4) is 0 Å². The Morgan fingerprint density at radius 3 is 2.55 bits per heavy atom. The molecule has 0 amide bonds. The summed E-state index contributed by atoms with van der Waals surface area (Å²) >= 11 is 3.37. The van der Waals surface area contributed by atoms with Crippen molar-refractivity contribution in [3.05, 3.63) is 69.9 Å². The van der Waals surface area contributed by atoms with Crippen LogP contribution in [0.25, 0.3) is 0 Å². The minimum absolute atomic E-state index is 0.116. The Hall–Kier alpha value is -1.48. The van der Waals surface area contributed by atoms with Gasteiger partial charge in [0, 0.05) is 16.8 Å². The van der Waals surface area contributed by atoms with Gasteiger partial charge in [-0.1, -0.05) is 53.2 Å². The molecular formula is C17H16BrFO. The molecule has 0 bridgehead atoms. The molecule has 2 rings (SSSR count). The van der Waals surface area contributed by atoms with E-state index in [1.54, 1.807) is 6.07 Å². The first-order valence-electron chi connectivity index (χ1n) is 6.63. The van der Waals surface area contributed by atoms with Crippen LogP contribution >= 0.6 is 15.9 Å². The molecule has 0 aliphatic heterocycles. The molecule has 0 saturated heterocycles. The van der Waals surface area contributed by atoms with Crippen molar-refractivity contribution in [2.45, 2.75) is 25.7 Å². The van der Waals surface area contributed by atoms with Crippen LogP contribution in [0.15, 0.2) is 53.0 Å². The molecule has 0 spiro atoms. The summed E-state index contributed by atoms with van der Waals surface area (Å²) in [6.07, 6.45) is 0.988. The van der Waals surface area contributed by atoms with E-state index in [1.165, 1.54) is 12.1 Å². The van der Waals surface area contributed by atoms with Gasteiger partial charge < -0.3 is 0 Å². The fourth-order valence-electron chi connectivity index (χ4n) is 2.32. The molecule has 1 nitrogen and oxygen atoms in total. The largest absolute Gasteiger partial charge is 0.299 e. The van der Waals surface area contributed by atoms with Gasteiger partial charge in [-0.3, -0.25) is 4.79 Å². The van der Waals surface area contributed by atoms with Gasteiger partial charge in [-0.25, -0.2) is 4.39 Å². The van der Waals surface area contributed by atoms with Gasteiger partial charge in [0.1, 0.15) is 11.6 Å². The number of carbonyl (C=O) groups excluding carboxylic acids is 1. The van der Waals surface area contributed by atoms with Gasteiger partial charge >= 0.3 is 0 Å². The van der Waals surface area contributed by atoms with Gasteiger partial charge in [0.15, 0.2) is 0 Å². The van der Waals surface area contributed by atoms with Gasteiger partial charge in [0.25, 0.3) is 0 Å². The predicted octanol–water partition coefficient (Wildman–Crippen LogP) is 4.89. The number of carbonyl (C=O) groups is 1. The highest BCUT2D eigenvalue weighted by molar-refractivity contribution is 9.10. The highest BCUT2D eigenvalue weighted by atomic mass is 79.9. The van der Waals surface area contributed by atoms with Crippen LogP contribution in [0.4, 0.5) is 4.39 Å². The zero-order chi connectivity index (χ0) is 14.5. The normalized spacial score (nSPS) is 12.2. The molecule has 104 valence electrons. The molecule has 0 radical (unpaired) electrons.